The maximum atomic E-state index is 11.4. The van der Waals surface area contributed by atoms with Gasteiger partial charge in [-0.15, -0.1) is 0 Å². The molecule has 2 atom stereocenters. The first kappa shape index (κ1) is 9.83. The molecule has 0 aromatic heterocycles. The van der Waals surface area contributed by atoms with Gasteiger partial charge in [-0.05, 0) is 62.7 Å². The monoisotopic (exact) mass is 208 g/mol. The van der Waals surface area contributed by atoms with Crippen molar-refractivity contribution < 1.29 is 9.90 Å². The molecule has 0 amide bonds. The van der Waals surface area contributed by atoms with Gasteiger partial charge in [-0.2, -0.15) is 0 Å². The van der Waals surface area contributed by atoms with Crippen LogP contribution >= 0.6 is 0 Å². The van der Waals surface area contributed by atoms with Crippen molar-refractivity contribution in [2.24, 2.45) is 17.3 Å². The number of ketones is 1. The van der Waals surface area contributed by atoms with E-state index in [2.05, 4.69) is 0 Å². The second kappa shape index (κ2) is 2.85. The van der Waals surface area contributed by atoms with Gasteiger partial charge in [0.2, 0.25) is 0 Å². The summed E-state index contributed by atoms with van der Waals surface area (Å²) in [6, 6.07) is 0. The highest BCUT2D eigenvalue weighted by atomic mass is 16.3. The van der Waals surface area contributed by atoms with Crippen molar-refractivity contribution in [1.82, 2.24) is 0 Å². The lowest BCUT2D eigenvalue weighted by molar-refractivity contribution is -0.168. The third kappa shape index (κ3) is 1.54. The normalized spacial score (nSPS) is 52.1. The van der Waals surface area contributed by atoms with E-state index in [1.165, 1.54) is 19.3 Å². The maximum absolute atomic E-state index is 11.4. The van der Waals surface area contributed by atoms with Crippen LogP contribution in [0.1, 0.15) is 51.9 Å². The van der Waals surface area contributed by atoms with Gasteiger partial charge >= 0.3 is 0 Å². The summed E-state index contributed by atoms with van der Waals surface area (Å²) in [6.45, 7) is 1.70. The minimum Gasteiger partial charge on any atom is -0.390 e. The van der Waals surface area contributed by atoms with E-state index in [1.54, 1.807) is 6.92 Å². The van der Waals surface area contributed by atoms with Crippen LogP contribution in [0, 0.1) is 17.3 Å². The number of carbonyl (C=O) groups excluding carboxylic acids is 1. The molecular weight excluding hydrogens is 188 g/mol. The van der Waals surface area contributed by atoms with Crippen LogP contribution in [0.5, 0.6) is 0 Å². The van der Waals surface area contributed by atoms with Gasteiger partial charge in [0.15, 0.2) is 0 Å². The Hall–Kier alpha value is -0.370. The molecule has 2 heteroatoms. The van der Waals surface area contributed by atoms with Gasteiger partial charge in [0.05, 0.1) is 5.60 Å². The predicted octanol–water partition coefficient (Wildman–Crippen LogP) is 2.30. The summed E-state index contributed by atoms with van der Waals surface area (Å²) in [5, 5.41) is 10.5. The molecule has 4 aliphatic rings. The Morgan fingerprint density at radius 3 is 2.33 bits per heavy atom. The quantitative estimate of drug-likeness (QED) is 0.756. The lowest BCUT2D eigenvalue weighted by Crippen LogP contribution is -2.55. The fourth-order valence-corrected chi connectivity index (χ4v) is 5.14. The standard InChI is InChI=1S/C13H20O2/c1-9(14)3-12-4-10-2-11(5-12)7-13(15,6-10)8-12/h10-11,15H,2-8H2,1H3. The van der Waals surface area contributed by atoms with Crippen molar-refractivity contribution in [2.45, 2.75) is 57.5 Å². The van der Waals surface area contributed by atoms with E-state index in [0.29, 0.717) is 24.0 Å². The van der Waals surface area contributed by atoms with Crippen LogP contribution in [0.15, 0.2) is 0 Å². The molecule has 15 heavy (non-hydrogen) atoms. The summed E-state index contributed by atoms with van der Waals surface area (Å²) in [7, 11) is 0. The SMILES string of the molecule is CC(=O)CC12CC3CC(CC(O)(C3)C1)C2. The van der Waals surface area contributed by atoms with Crippen molar-refractivity contribution in [3.63, 3.8) is 0 Å². The molecular formula is C13H20O2. The first-order valence-electron chi connectivity index (χ1n) is 6.21. The third-order valence-electron chi connectivity index (χ3n) is 4.78. The van der Waals surface area contributed by atoms with Gasteiger partial charge in [-0.3, -0.25) is 0 Å². The summed E-state index contributed by atoms with van der Waals surface area (Å²) in [5.74, 6) is 1.71. The predicted molar refractivity (Wildman–Crippen MR) is 57.4 cm³/mol. The topological polar surface area (TPSA) is 37.3 Å². The third-order valence-corrected chi connectivity index (χ3v) is 4.78. The fraction of sp³-hybridized carbons (Fsp3) is 0.923. The second-order valence-corrected chi connectivity index (χ2v) is 6.56. The summed E-state index contributed by atoms with van der Waals surface area (Å²) < 4.78 is 0. The highest BCUT2D eigenvalue weighted by molar-refractivity contribution is 5.76. The van der Waals surface area contributed by atoms with Crippen molar-refractivity contribution in [3.8, 4) is 0 Å². The van der Waals surface area contributed by atoms with Crippen LogP contribution in [-0.2, 0) is 4.79 Å². The number of Topliss-reactive ketones (excluding diaryl/α,β-unsaturated/α-hetero) is 1. The van der Waals surface area contributed by atoms with Crippen LogP contribution in [0.3, 0.4) is 0 Å². The van der Waals surface area contributed by atoms with Gasteiger partial charge in [-0.25, -0.2) is 0 Å². The van der Waals surface area contributed by atoms with Gasteiger partial charge in [0.25, 0.3) is 0 Å². The Morgan fingerprint density at radius 2 is 1.87 bits per heavy atom. The maximum Gasteiger partial charge on any atom is 0.130 e. The van der Waals surface area contributed by atoms with E-state index < -0.39 is 5.60 Å². The van der Waals surface area contributed by atoms with Crippen molar-refractivity contribution in [1.29, 1.82) is 0 Å². The Bertz CT molecular complexity index is 294. The van der Waals surface area contributed by atoms with Crippen LogP contribution in [-0.4, -0.2) is 16.5 Å². The summed E-state index contributed by atoms with van der Waals surface area (Å²) >= 11 is 0. The number of aliphatic hydroxyl groups is 1. The molecule has 4 fully saturated rings. The first-order chi connectivity index (χ1) is 6.99. The van der Waals surface area contributed by atoms with Crippen LogP contribution in [0.4, 0.5) is 0 Å². The molecule has 0 aliphatic heterocycles. The smallest absolute Gasteiger partial charge is 0.130 e. The molecule has 0 radical (unpaired) electrons. The molecule has 4 saturated carbocycles. The van der Waals surface area contributed by atoms with Gasteiger partial charge in [-0.1, -0.05) is 0 Å². The van der Waals surface area contributed by atoms with E-state index in [0.717, 1.165) is 19.3 Å². The Balaban J connectivity index is 1.89. The number of rotatable bonds is 2. The molecule has 1 N–H and O–H groups in total. The molecule has 84 valence electrons. The minimum absolute atomic E-state index is 0.185. The molecule has 0 heterocycles. The van der Waals surface area contributed by atoms with E-state index in [-0.39, 0.29) is 5.41 Å². The summed E-state index contributed by atoms with van der Waals surface area (Å²) in [6.07, 6.45) is 7.32. The van der Waals surface area contributed by atoms with Crippen molar-refractivity contribution in [2.75, 3.05) is 0 Å². The van der Waals surface area contributed by atoms with E-state index in [4.69, 9.17) is 0 Å². The number of hydrogen-bond acceptors (Lipinski definition) is 2. The zero-order chi connectivity index (χ0) is 10.7. The lowest BCUT2D eigenvalue weighted by Gasteiger charge is -2.60. The molecule has 0 saturated heterocycles. The second-order valence-electron chi connectivity index (χ2n) is 6.56. The van der Waals surface area contributed by atoms with Gasteiger partial charge < -0.3 is 9.90 Å². The highest BCUT2D eigenvalue weighted by Crippen LogP contribution is 2.62. The zero-order valence-electron chi connectivity index (χ0n) is 9.46. The van der Waals surface area contributed by atoms with E-state index in [9.17, 15) is 9.90 Å². The fourth-order valence-electron chi connectivity index (χ4n) is 5.14. The van der Waals surface area contributed by atoms with E-state index in [1.807, 2.05) is 0 Å². The number of hydrogen-bond donors (Lipinski definition) is 1. The van der Waals surface area contributed by atoms with Gasteiger partial charge in [0, 0.05) is 6.42 Å². The molecule has 0 spiro atoms. The molecule has 4 aliphatic carbocycles. The molecule has 0 aromatic rings. The molecule has 0 aromatic carbocycles. The number of carbonyl (C=O) groups is 1. The zero-order valence-corrected chi connectivity index (χ0v) is 9.46. The molecule has 4 rings (SSSR count). The summed E-state index contributed by atoms with van der Waals surface area (Å²) in [4.78, 5) is 11.4. The van der Waals surface area contributed by atoms with Crippen LogP contribution in [0.25, 0.3) is 0 Å². The van der Waals surface area contributed by atoms with Crippen LogP contribution < -0.4 is 0 Å². The first-order valence-corrected chi connectivity index (χ1v) is 6.21. The van der Waals surface area contributed by atoms with Crippen molar-refractivity contribution >= 4 is 5.78 Å². The average Bonchev–Trinajstić information content (AvgIpc) is 1.94. The molecule has 2 unspecified atom stereocenters. The lowest BCUT2D eigenvalue weighted by atomic mass is 9.47. The Morgan fingerprint density at radius 1 is 1.27 bits per heavy atom. The summed E-state index contributed by atoms with van der Waals surface area (Å²) in [5.41, 5.74) is -0.218. The highest BCUT2D eigenvalue weighted by Gasteiger charge is 2.57. The average molecular weight is 208 g/mol. The molecule has 2 nitrogen and oxygen atoms in total. The Labute approximate surface area is 91.1 Å². The molecule has 4 bridgehead atoms. The van der Waals surface area contributed by atoms with E-state index >= 15 is 0 Å². The Kier molecular flexibility index (Phi) is 1.87. The largest absolute Gasteiger partial charge is 0.390 e. The minimum atomic E-state index is -0.403. The van der Waals surface area contributed by atoms with Gasteiger partial charge in [0.1, 0.15) is 5.78 Å². The van der Waals surface area contributed by atoms with Crippen LogP contribution in [0.2, 0.25) is 0 Å². The van der Waals surface area contributed by atoms with Crippen molar-refractivity contribution in [3.05, 3.63) is 0 Å².